The molecule has 3 N–H and O–H groups in total. The molecule has 1 unspecified atom stereocenters. The topological polar surface area (TPSA) is 44.9 Å². The number of hydrogen-bond donors (Lipinski definition) is 3. The number of quaternary nitrogens is 1. The molecule has 0 amide bonds. The van der Waals surface area contributed by atoms with Crippen molar-refractivity contribution in [2.45, 2.75) is 110 Å². The van der Waals surface area contributed by atoms with Crippen molar-refractivity contribution in [2.75, 3.05) is 13.6 Å². The number of rotatable bonds is 16. The van der Waals surface area contributed by atoms with Crippen LogP contribution in [0.15, 0.2) is 0 Å². The van der Waals surface area contributed by atoms with E-state index in [9.17, 15) is 10.2 Å². The highest BCUT2D eigenvalue weighted by Crippen LogP contribution is 2.12. The lowest BCUT2D eigenvalue weighted by Crippen LogP contribution is -3.17. The van der Waals surface area contributed by atoms with E-state index in [2.05, 4.69) is 6.92 Å². The predicted octanol–water partition coefficient (Wildman–Crippen LogP) is 0.645. The van der Waals surface area contributed by atoms with Crippen LogP contribution in [-0.4, -0.2) is 29.7 Å². The van der Waals surface area contributed by atoms with Crippen LogP contribution in [-0.2, 0) is 0 Å². The van der Waals surface area contributed by atoms with E-state index in [4.69, 9.17) is 0 Å². The Morgan fingerprint density at radius 2 is 0.957 bits per heavy atom. The van der Waals surface area contributed by atoms with E-state index in [0.29, 0.717) is 0 Å². The first-order valence-electron chi connectivity index (χ1n) is 9.76. The van der Waals surface area contributed by atoms with Gasteiger partial charge in [0.25, 0.3) is 0 Å². The summed E-state index contributed by atoms with van der Waals surface area (Å²) in [6.07, 6.45) is 19.0. The number of aliphatic hydroxyl groups is 2. The van der Waals surface area contributed by atoms with Gasteiger partial charge in [-0.3, -0.25) is 4.90 Å². The molecule has 0 rings (SSSR count). The molecule has 0 fully saturated rings. The molecule has 23 heavy (non-hydrogen) atoms. The van der Waals surface area contributed by atoms with E-state index in [1.165, 1.54) is 90.4 Å². The predicted molar refractivity (Wildman–Crippen MR) is 94.9 cm³/mol. The lowest BCUT2D eigenvalue weighted by Gasteiger charge is -2.24. The zero-order chi connectivity index (χ0) is 16.7. The second-order valence-electron chi connectivity index (χ2n) is 7.15. The Labute approximate surface area is 155 Å². The quantitative estimate of drug-likeness (QED) is 0.265. The largest absolute Gasteiger partial charge is 1.00 e. The minimum atomic E-state index is -1.59. The number of nitrogens with one attached hydrogen (secondary N) is 1. The Morgan fingerprint density at radius 1 is 0.652 bits per heavy atom. The highest BCUT2D eigenvalue weighted by molar-refractivity contribution is 4.49. The van der Waals surface area contributed by atoms with E-state index in [1.807, 2.05) is 7.05 Å². The highest BCUT2D eigenvalue weighted by Gasteiger charge is 2.25. The Kier molecular flexibility index (Phi) is 19.1. The van der Waals surface area contributed by atoms with Gasteiger partial charge in [-0.1, -0.05) is 84.0 Å². The monoisotopic (exact) mass is 395 g/mol. The van der Waals surface area contributed by atoms with Crippen molar-refractivity contribution >= 4 is 0 Å². The molecule has 3 nitrogen and oxygen atoms in total. The Balaban J connectivity index is 0. The molecule has 0 bridgehead atoms. The Hall–Kier alpha value is 0.360. The van der Waals surface area contributed by atoms with Crippen molar-refractivity contribution in [1.82, 2.24) is 0 Å². The summed E-state index contributed by atoms with van der Waals surface area (Å²) in [6, 6.07) is 0. The van der Waals surface area contributed by atoms with E-state index in [0.717, 1.165) is 17.9 Å². The molecule has 0 aromatic rings. The summed E-state index contributed by atoms with van der Waals surface area (Å²) in [5.41, 5.74) is 0. The highest BCUT2D eigenvalue weighted by atomic mass is 79.9. The molecule has 0 aromatic carbocycles. The van der Waals surface area contributed by atoms with Crippen LogP contribution in [0.4, 0.5) is 0 Å². The third-order valence-corrected chi connectivity index (χ3v) is 4.71. The molecule has 0 radical (unpaired) electrons. The van der Waals surface area contributed by atoms with Gasteiger partial charge >= 0.3 is 5.91 Å². The average Bonchev–Trinajstić information content (AvgIpc) is 2.46. The zero-order valence-corrected chi connectivity index (χ0v) is 17.5. The molecule has 1 atom stereocenters. The lowest BCUT2D eigenvalue weighted by molar-refractivity contribution is -0.987. The van der Waals surface area contributed by atoms with Gasteiger partial charge in [0.05, 0.1) is 13.6 Å². The minimum Gasteiger partial charge on any atom is -1.00 e. The maximum Gasteiger partial charge on any atom is 0.309 e. The molecule has 0 aliphatic heterocycles. The fraction of sp³-hybridized carbons (Fsp3) is 1.00. The van der Waals surface area contributed by atoms with Crippen molar-refractivity contribution in [3.63, 3.8) is 0 Å². The van der Waals surface area contributed by atoms with Crippen LogP contribution in [0.3, 0.4) is 0 Å². The third-order valence-electron chi connectivity index (χ3n) is 4.71. The van der Waals surface area contributed by atoms with Gasteiger partial charge in [-0.2, -0.15) is 0 Å². The molecule has 142 valence electrons. The Morgan fingerprint density at radius 3 is 1.26 bits per heavy atom. The standard InChI is InChI=1S/C19H41NO2.BrH/c1-4-5-6-7-8-9-10-11-12-13-14-15-16-17-18-20(3)19(2,21)22;/h21-22H,4-18H2,1-3H3;1H. The van der Waals surface area contributed by atoms with Gasteiger partial charge in [0.2, 0.25) is 0 Å². The summed E-state index contributed by atoms with van der Waals surface area (Å²) in [4.78, 5) is 0.784. The molecule has 0 saturated heterocycles. The maximum atomic E-state index is 9.41. The van der Waals surface area contributed by atoms with Crippen LogP contribution in [0, 0.1) is 0 Å². The molecule has 0 saturated carbocycles. The fourth-order valence-electron chi connectivity index (χ4n) is 2.82. The normalized spacial score (nSPS) is 12.9. The van der Waals surface area contributed by atoms with Crippen LogP contribution >= 0.6 is 0 Å². The van der Waals surface area contributed by atoms with E-state index >= 15 is 0 Å². The molecule has 0 spiro atoms. The first-order chi connectivity index (χ1) is 10.5. The van der Waals surface area contributed by atoms with E-state index in [1.54, 1.807) is 0 Å². The number of halogens is 1. The number of hydrogen-bond acceptors (Lipinski definition) is 2. The summed E-state index contributed by atoms with van der Waals surface area (Å²) in [5, 5.41) is 18.8. The minimum absolute atomic E-state index is 0. The van der Waals surface area contributed by atoms with Gasteiger partial charge in [0.15, 0.2) is 0 Å². The summed E-state index contributed by atoms with van der Waals surface area (Å²) >= 11 is 0. The van der Waals surface area contributed by atoms with Gasteiger partial charge in [-0.15, -0.1) is 0 Å². The van der Waals surface area contributed by atoms with Crippen molar-refractivity contribution in [3.05, 3.63) is 0 Å². The zero-order valence-electron chi connectivity index (χ0n) is 15.9. The average molecular weight is 396 g/mol. The van der Waals surface area contributed by atoms with Crippen LogP contribution in [0.1, 0.15) is 104 Å². The number of unbranched alkanes of at least 4 members (excludes halogenated alkanes) is 13. The van der Waals surface area contributed by atoms with E-state index < -0.39 is 5.91 Å². The molecular weight excluding hydrogens is 354 g/mol. The van der Waals surface area contributed by atoms with Gasteiger partial charge in [0.1, 0.15) is 0 Å². The first kappa shape index (κ1) is 25.6. The van der Waals surface area contributed by atoms with Crippen molar-refractivity contribution in [3.8, 4) is 0 Å². The van der Waals surface area contributed by atoms with E-state index in [-0.39, 0.29) is 17.0 Å². The van der Waals surface area contributed by atoms with Gasteiger partial charge in [-0.05, 0) is 12.8 Å². The fourth-order valence-corrected chi connectivity index (χ4v) is 2.82. The maximum absolute atomic E-state index is 9.41. The van der Waals surface area contributed by atoms with Gasteiger partial charge in [-0.25, -0.2) is 0 Å². The van der Waals surface area contributed by atoms with Crippen LogP contribution in [0.5, 0.6) is 0 Å². The molecule has 0 aromatic heterocycles. The van der Waals surface area contributed by atoms with Crippen molar-refractivity contribution in [1.29, 1.82) is 0 Å². The first-order valence-corrected chi connectivity index (χ1v) is 9.76. The van der Waals surface area contributed by atoms with Crippen molar-refractivity contribution < 1.29 is 32.1 Å². The molecule has 0 aliphatic rings. The summed E-state index contributed by atoms with van der Waals surface area (Å²) in [5.74, 6) is -1.59. The summed E-state index contributed by atoms with van der Waals surface area (Å²) in [7, 11) is 1.84. The molecular formula is C19H42BrNO2. The summed E-state index contributed by atoms with van der Waals surface area (Å²) in [6.45, 7) is 4.56. The molecule has 0 heterocycles. The summed E-state index contributed by atoms with van der Waals surface area (Å²) < 4.78 is 0. The second kappa shape index (κ2) is 17.2. The molecule has 4 heteroatoms. The van der Waals surface area contributed by atoms with Crippen LogP contribution in [0.2, 0.25) is 0 Å². The van der Waals surface area contributed by atoms with Crippen LogP contribution < -0.4 is 21.9 Å². The lowest BCUT2D eigenvalue weighted by atomic mass is 10.0. The van der Waals surface area contributed by atoms with Crippen LogP contribution in [0.25, 0.3) is 0 Å². The van der Waals surface area contributed by atoms with Crippen molar-refractivity contribution in [2.24, 2.45) is 0 Å². The molecule has 0 aliphatic carbocycles. The third kappa shape index (κ3) is 18.5. The smallest absolute Gasteiger partial charge is 0.309 e. The Bertz CT molecular complexity index is 232. The van der Waals surface area contributed by atoms with Gasteiger partial charge in [0, 0.05) is 6.92 Å². The van der Waals surface area contributed by atoms with Gasteiger partial charge < -0.3 is 27.2 Å². The second-order valence-corrected chi connectivity index (χ2v) is 7.15. The SMILES string of the molecule is CCCCCCCCCCCCCCCC[NH+](C)C(C)(O)O.[Br-].